The second kappa shape index (κ2) is 38.3. The molecule has 0 unspecified atom stereocenters. The number of hydrogen-bond donors (Lipinski definition) is 4. The van der Waals surface area contributed by atoms with E-state index in [1.807, 2.05) is 48.5 Å². The van der Waals surface area contributed by atoms with Gasteiger partial charge in [0, 0.05) is 24.2 Å². The van der Waals surface area contributed by atoms with E-state index in [1.54, 1.807) is 12.1 Å². The molecule has 2 amide bonds. The summed E-state index contributed by atoms with van der Waals surface area (Å²) in [7, 11) is 0. The number of carbonyl (C=O) groups is 2. The molecule has 6 nitrogen and oxygen atoms in total. The van der Waals surface area contributed by atoms with Gasteiger partial charge >= 0.3 is 0 Å². The summed E-state index contributed by atoms with van der Waals surface area (Å²) in [6.45, 7) is 10.1. The Bertz CT molecular complexity index is 1960. The van der Waals surface area contributed by atoms with Crippen molar-refractivity contribution in [2.24, 2.45) is 0 Å². The lowest BCUT2D eigenvalue weighted by Crippen LogP contribution is -2.25. The van der Waals surface area contributed by atoms with Crippen molar-refractivity contribution < 1.29 is 19.8 Å². The highest BCUT2D eigenvalue weighted by Gasteiger charge is 2.22. The topological polar surface area (TPSA) is 98.7 Å². The molecule has 0 aromatic heterocycles. The molecular weight excluding hydrogens is 885 g/mol. The molecule has 4 aromatic rings. The summed E-state index contributed by atoms with van der Waals surface area (Å²) in [4.78, 5) is 27.2. The van der Waals surface area contributed by atoms with Crippen LogP contribution < -0.4 is 10.6 Å². The second-order valence-electron chi connectivity index (χ2n) is 21.6. The van der Waals surface area contributed by atoms with E-state index in [-0.39, 0.29) is 34.4 Å². The molecule has 0 spiro atoms. The van der Waals surface area contributed by atoms with E-state index in [4.69, 9.17) is 0 Å². The normalized spacial score (nSPS) is 11.5. The molecule has 0 heterocycles. The molecule has 4 aromatic carbocycles. The number of phenolic OH excluding ortho intramolecular Hbond substituents is 2. The van der Waals surface area contributed by atoms with Crippen molar-refractivity contribution in [2.45, 2.75) is 258 Å². The van der Waals surface area contributed by atoms with E-state index >= 15 is 0 Å². The van der Waals surface area contributed by atoms with Crippen molar-refractivity contribution in [1.82, 2.24) is 10.6 Å². The van der Waals surface area contributed by atoms with Gasteiger partial charge in [-0.05, 0) is 59.4 Å². The van der Waals surface area contributed by atoms with Gasteiger partial charge in [-0.2, -0.15) is 0 Å². The molecule has 0 aliphatic carbocycles. The van der Waals surface area contributed by atoms with Crippen molar-refractivity contribution in [3.05, 3.63) is 95.1 Å². The Morgan fingerprint density at radius 1 is 0.389 bits per heavy atom. The van der Waals surface area contributed by atoms with E-state index in [0.29, 0.717) is 37.1 Å². The summed E-state index contributed by atoms with van der Waals surface area (Å²) in [5.74, 6) is -0.618. The first-order valence-corrected chi connectivity index (χ1v) is 30.1. The molecule has 0 aliphatic rings. The van der Waals surface area contributed by atoms with Gasteiger partial charge in [0.05, 0.1) is 11.1 Å². The maximum atomic E-state index is 13.6. The first-order chi connectivity index (χ1) is 35.3. The smallest absolute Gasteiger partial charge is 0.255 e. The number of hydrogen-bond acceptors (Lipinski definition) is 4. The van der Waals surface area contributed by atoms with Crippen LogP contribution in [0.15, 0.2) is 72.8 Å². The van der Waals surface area contributed by atoms with Gasteiger partial charge < -0.3 is 20.8 Å². The van der Waals surface area contributed by atoms with Crippen LogP contribution in [0.2, 0.25) is 0 Å². The van der Waals surface area contributed by atoms with Crippen LogP contribution in [-0.4, -0.2) is 35.1 Å². The largest absolute Gasteiger partial charge is 0.507 e. The van der Waals surface area contributed by atoms with E-state index in [9.17, 15) is 19.8 Å². The van der Waals surface area contributed by atoms with Crippen molar-refractivity contribution in [2.75, 3.05) is 13.1 Å². The molecule has 4 N–H and O–H groups in total. The standard InChI is InChI=1S/C66H102N2O4/c1-4-6-8-10-12-14-16-18-20-22-24-26-28-30-32-34-36-42-48-67-65(71)61-52-55-44-38-40-46-57(55)59(63(61)69)50-54(3)51-60-58-47-41-39-45-56(58)53-62(64(60)70)66(72)68-49-43-37-35-33-31-29-27-25-23-21-19-17-15-13-11-9-7-5-2/h38-41,44-47,52-53,69-70H,3-37,42-43,48-51H2,1-2H3,(H,67,71)(H,68,72). The van der Waals surface area contributed by atoms with E-state index in [0.717, 1.165) is 52.8 Å². The number of nitrogens with one attached hydrogen (secondary N) is 2. The SMILES string of the molecule is C=C(Cc1c(O)c(C(=O)NCCCCCCCCCCCCCCCCCCCC)cc2ccccc12)Cc1c(O)c(C(=O)NCCCCCCCCCCCCCCCCCCCC)cc2ccccc12. The fourth-order valence-electron chi connectivity index (χ4n) is 10.7. The molecule has 0 saturated heterocycles. The summed E-state index contributed by atoms with van der Waals surface area (Å²) in [6, 6.07) is 19.2. The molecule has 0 saturated carbocycles. The number of aromatic hydroxyl groups is 2. The van der Waals surface area contributed by atoms with Gasteiger partial charge in [0.25, 0.3) is 11.8 Å². The van der Waals surface area contributed by atoms with Crippen LogP contribution >= 0.6 is 0 Å². The number of carbonyl (C=O) groups excluding carboxylic acids is 2. The molecule has 4 rings (SSSR count). The van der Waals surface area contributed by atoms with Crippen LogP contribution in [0.1, 0.15) is 277 Å². The third-order valence-electron chi connectivity index (χ3n) is 15.2. The third kappa shape index (κ3) is 23.7. The zero-order chi connectivity index (χ0) is 51.3. The Morgan fingerprint density at radius 3 is 0.917 bits per heavy atom. The molecule has 0 aliphatic heterocycles. The molecule has 0 atom stereocenters. The van der Waals surface area contributed by atoms with Crippen molar-refractivity contribution in [1.29, 1.82) is 0 Å². The average molecular weight is 988 g/mol. The Balaban J connectivity index is 1.16. The lowest BCUT2D eigenvalue weighted by atomic mass is 9.90. The Kier molecular flexibility index (Phi) is 32.0. The first-order valence-electron chi connectivity index (χ1n) is 30.1. The highest BCUT2D eigenvalue weighted by Crippen LogP contribution is 2.37. The Labute approximate surface area is 439 Å². The predicted molar refractivity (Wildman–Crippen MR) is 310 cm³/mol. The molecule has 72 heavy (non-hydrogen) atoms. The van der Waals surface area contributed by atoms with Crippen LogP contribution in [-0.2, 0) is 12.8 Å². The minimum atomic E-state index is -0.274. The zero-order valence-corrected chi connectivity index (χ0v) is 46.0. The van der Waals surface area contributed by atoms with Gasteiger partial charge in [-0.1, -0.05) is 293 Å². The number of benzene rings is 4. The van der Waals surface area contributed by atoms with E-state index in [1.165, 1.54) is 205 Å². The van der Waals surface area contributed by atoms with Gasteiger partial charge in [-0.25, -0.2) is 0 Å². The Hall–Kier alpha value is -4.32. The number of unbranched alkanes of at least 4 members (excludes halogenated alkanes) is 34. The first kappa shape index (κ1) is 60.2. The summed E-state index contributed by atoms with van der Waals surface area (Å²) in [5.41, 5.74) is 2.56. The van der Waals surface area contributed by atoms with Crippen molar-refractivity contribution >= 4 is 33.4 Å². The maximum absolute atomic E-state index is 13.6. The summed E-state index contributed by atoms with van der Waals surface area (Å²) >= 11 is 0. The van der Waals surface area contributed by atoms with Gasteiger partial charge in [0.1, 0.15) is 11.5 Å². The minimum Gasteiger partial charge on any atom is -0.507 e. The van der Waals surface area contributed by atoms with E-state index in [2.05, 4.69) is 31.1 Å². The average Bonchev–Trinajstić information content (AvgIpc) is 3.39. The van der Waals surface area contributed by atoms with E-state index < -0.39 is 0 Å². The molecule has 400 valence electrons. The number of allylic oxidation sites excluding steroid dienone is 1. The molecular formula is C66H102N2O4. The zero-order valence-electron chi connectivity index (χ0n) is 46.0. The fourth-order valence-corrected chi connectivity index (χ4v) is 10.7. The Morgan fingerprint density at radius 2 is 0.639 bits per heavy atom. The fraction of sp³-hybridized carbons (Fsp3) is 0.636. The maximum Gasteiger partial charge on any atom is 0.255 e. The number of amides is 2. The highest BCUT2D eigenvalue weighted by molar-refractivity contribution is 6.04. The monoisotopic (exact) mass is 987 g/mol. The summed E-state index contributed by atoms with van der Waals surface area (Å²) in [6.07, 6.45) is 48.1. The van der Waals surface area contributed by atoms with Crippen LogP contribution in [0, 0.1) is 0 Å². The van der Waals surface area contributed by atoms with Crippen LogP contribution in [0.25, 0.3) is 21.5 Å². The highest BCUT2D eigenvalue weighted by atomic mass is 16.3. The summed E-state index contributed by atoms with van der Waals surface area (Å²) < 4.78 is 0. The molecule has 0 radical (unpaired) electrons. The van der Waals surface area contributed by atoms with Crippen molar-refractivity contribution in [3.63, 3.8) is 0 Å². The molecule has 6 heteroatoms. The predicted octanol–water partition coefficient (Wildman–Crippen LogP) is 19.3. The van der Waals surface area contributed by atoms with Crippen LogP contribution in [0.5, 0.6) is 11.5 Å². The number of fused-ring (bicyclic) bond motifs is 2. The number of rotatable bonds is 44. The molecule has 0 fully saturated rings. The second-order valence-corrected chi connectivity index (χ2v) is 21.6. The minimum absolute atomic E-state index is 0.0352. The van der Waals surface area contributed by atoms with Gasteiger partial charge in [0.15, 0.2) is 0 Å². The van der Waals surface area contributed by atoms with Gasteiger partial charge in [-0.15, -0.1) is 0 Å². The quantitative estimate of drug-likeness (QED) is 0.0262. The van der Waals surface area contributed by atoms with Crippen LogP contribution in [0.3, 0.4) is 0 Å². The number of phenols is 2. The van der Waals surface area contributed by atoms with Crippen LogP contribution in [0.4, 0.5) is 0 Å². The lowest BCUT2D eigenvalue weighted by Gasteiger charge is -2.17. The molecule has 0 bridgehead atoms. The lowest BCUT2D eigenvalue weighted by molar-refractivity contribution is 0.0941. The van der Waals surface area contributed by atoms with Gasteiger partial charge in [0.2, 0.25) is 0 Å². The van der Waals surface area contributed by atoms with Gasteiger partial charge in [-0.3, -0.25) is 9.59 Å². The van der Waals surface area contributed by atoms with Crippen molar-refractivity contribution in [3.8, 4) is 11.5 Å². The third-order valence-corrected chi connectivity index (χ3v) is 15.2. The summed E-state index contributed by atoms with van der Waals surface area (Å²) in [5, 5.41) is 33.1.